The highest BCUT2D eigenvalue weighted by Gasteiger charge is 2.15. The molecule has 0 nitrogen and oxygen atoms in total. The van der Waals surface area contributed by atoms with Crippen LogP contribution in [0.15, 0.2) is 13.2 Å². The van der Waals surface area contributed by atoms with Crippen LogP contribution in [0, 0.1) is 29.1 Å². The normalized spacial score (nSPS) is 8.78. The Bertz CT molecular complexity index is 211. The van der Waals surface area contributed by atoms with Gasteiger partial charge in [0.2, 0.25) is 0 Å². The average molecular weight is 521 g/mol. The third kappa shape index (κ3) is 166. The second-order valence-corrected chi connectivity index (χ2v) is 11.4. The molecule has 0 aromatic carbocycles. The molecule has 0 rings (SSSR count). The van der Waals surface area contributed by atoms with Gasteiger partial charge in [0.15, 0.2) is 0 Å². The van der Waals surface area contributed by atoms with Crippen molar-refractivity contribution in [2.45, 2.75) is 197 Å². The van der Waals surface area contributed by atoms with Crippen molar-refractivity contribution in [3.05, 3.63) is 13.2 Å². The van der Waals surface area contributed by atoms with Gasteiger partial charge in [-0.3, -0.25) is 0 Å². The van der Waals surface area contributed by atoms with E-state index in [1.807, 2.05) is 0 Å². The summed E-state index contributed by atoms with van der Waals surface area (Å²) in [6.07, 6.45) is 10.4. The van der Waals surface area contributed by atoms with E-state index >= 15 is 0 Å². The van der Waals surface area contributed by atoms with E-state index in [9.17, 15) is 0 Å². The predicted molar refractivity (Wildman–Crippen MR) is 185 cm³/mol. The van der Waals surface area contributed by atoms with Crippen LogP contribution >= 0.6 is 0 Å². The summed E-state index contributed by atoms with van der Waals surface area (Å²) < 4.78 is 0. The fourth-order valence-electron chi connectivity index (χ4n) is 0.750. The Kier molecular flexibility index (Phi) is 100. The summed E-state index contributed by atoms with van der Waals surface area (Å²) in [5.41, 5.74) is 0.625. The van der Waals surface area contributed by atoms with Crippen molar-refractivity contribution >= 4 is 0 Å². The fraction of sp³-hybridized carbons (Fsp3) is 0.944. The van der Waals surface area contributed by atoms with Crippen molar-refractivity contribution in [3.8, 4) is 0 Å². The van der Waals surface area contributed by atoms with Gasteiger partial charge in [-0.1, -0.05) is 197 Å². The molecule has 232 valence electrons. The lowest BCUT2D eigenvalue weighted by Crippen LogP contribution is -2.10. The molecule has 0 aromatic heterocycles. The third-order valence-electron chi connectivity index (χ3n) is 5.01. The van der Waals surface area contributed by atoms with Crippen molar-refractivity contribution in [2.75, 3.05) is 0 Å². The number of hydrogen-bond acceptors (Lipinski definition) is 0. The molecule has 0 aliphatic rings. The van der Waals surface area contributed by atoms with Gasteiger partial charge in [-0.05, 0) is 29.1 Å². The zero-order chi connectivity index (χ0) is 30.5. The molecule has 0 aliphatic heterocycles. The second kappa shape index (κ2) is 59.7. The molecular weight excluding hydrogens is 432 g/mol. The molecular formula is C36H88. The molecule has 36 heavy (non-hydrogen) atoms. The monoisotopic (exact) mass is 521 g/mol. The first-order valence-corrected chi connectivity index (χ1v) is 15.6. The van der Waals surface area contributed by atoms with Gasteiger partial charge in [0.25, 0.3) is 0 Å². The van der Waals surface area contributed by atoms with Crippen LogP contribution in [0.25, 0.3) is 0 Å². The minimum atomic E-state index is 0. The highest BCUT2D eigenvalue weighted by atomic mass is 14.2. The largest absolute Gasteiger partial charge is 0.106 e. The van der Waals surface area contributed by atoms with E-state index in [1.54, 1.807) is 0 Å². The first-order chi connectivity index (χ1) is 16.1. The molecule has 0 radical (unpaired) electrons. The molecule has 0 heteroatoms. The van der Waals surface area contributed by atoms with Gasteiger partial charge in [0.1, 0.15) is 0 Å². The maximum atomic E-state index is 3.00. The van der Waals surface area contributed by atoms with Crippen molar-refractivity contribution in [1.82, 2.24) is 0 Å². The summed E-state index contributed by atoms with van der Waals surface area (Å²) in [4.78, 5) is 0. The quantitative estimate of drug-likeness (QED) is 0.305. The van der Waals surface area contributed by atoms with Gasteiger partial charge in [-0.25, -0.2) is 0 Å². The Labute approximate surface area is 239 Å². The molecule has 0 N–H and O–H groups in total. The molecule has 0 amide bonds. The van der Waals surface area contributed by atoms with Gasteiger partial charge in [-0.15, -0.1) is 13.2 Å². The summed E-state index contributed by atoms with van der Waals surface area (Å²) in [5, 5.41) is 0. The fourth-order valence-corrected chi connectivity index (χ4v) is 0.750. The third-order valence-corrected chi connectivity index (χ3v) is 5.01. The highest BCUT2D eigenvalue weighted by molar-refractivity contribution is 4.67. The highest BCUT2D eigenvalue weighted by Crippen LogP contribution is 2.28. The van der Waals surface area contributed by atoms with Crippen molar-refractivity contribution in [1.29, 1.82) is 0 Å². The Hall–Kier alpha value is -0.260. The number of hydrogen-bond donors (Lipinski definition) is 0. The molecule has 0 heterocycles. The SMILES string of the molecule is C.C=C.CC(C)C.CCC.CCC.CCC(C)(CC)CC.CCC(C)C.CCC(C)C.CCC(C)C. The van der Waals surface area contributed by atoms with Crippen LogP contribution in [-0.2, 0) is 0 Å². The van der Waals surface area contributed by atoms with Crippen LogP contribution in [0.4, 0.5) is 0 Å². The molecule has 0 saturated heterocycles. The van der Waals surface area contributed by atoms with E-state index in [0.29, 0.717) is 5.41 Å². The van der Waals surface area contributed by atoms with Crippen LogP contribution in [0.1, 0.15) is 197 Å². The number of rotatable bonds is 6. The van der Waals surface area contributed by atoms with E-state index in [-0.39, 0.29) is 7.43 Å². The average Bonchev–Trinajstić information content (AvgIpc) is 2.81. The summed E-state index contributed by atoms with van der Waals surface area (Å²) in [5.74, 6) is 3.49. The van der Waals surface area contributed by atoms with Crippen molar-refractivity contribution in [2.24, 2.45) is 29.1 Å². The summed E-state index contributed by atoms with van der Waals surface area (Å²) in [6, 6.07) is 0. The van der Waals surface area contributed by atoms with Crippen LogP contribution in [0.5, 0.6) is 0 Å². The van der Waals surface area contributed by atoms with Crippen LogP contribution in [0.3, 0.4) is 0 Å². The maximum absolute atomic E-state index is 3.00. The predicted octanol–water partition coefficient (Wildman–Crippen LogP) is 15.3. The minimum Gasteiger partial charge on any atom is -0.106 e. The Morgan fingerprint density at radius 1 is 0.444 bits per heavy atom. The molecule has 0 saturated carbocycles. The van der Waals surface area contributed by atoms with Crippen molar-refractivity contribution < 1.29 is 0 Å². The van der Waals surface area contributed by atoms with Gasteiger partial charge in [-0.2, -0.15) is 0 Å². The van der Waals surface area contributed by atoms with Crippen LogP contribution in [0.2, 0.25) is 0 Å². The zero-order valence-corrected chi connectivity index (χ0v) is 29.9. The molecule has 0 fully saturated rings. The van der Waals surface area contributed by atoms with Gasteiger partial charge in [0.05, 0.1) is 0 Å². The Morgan fingerprint density at radius 2 is 0.528 bits per heavy atom. The first kappa shape index (κ1) is 60.3. The molecule has 0 unspecified atom stereocenters. The lowest BCUT2D eigenvalue weighted by atomic mass is 9.82. The molecule has 0 bridgehead atoms. The lowest BCUT2D eigenvalue weighted by molar-refractivity contribution is 0.286. The van der Waals surface area contributed by atoms with E-state index in [1.165, 1.54) is 51.4 Å². The molecule has 0 atom stereocenters. The summed E-state index contributed by atoms with van der Waals surface area (Å²) in [6.45, 7) is 50.1. The second-order valence-electron chi connectivity index (χ2n) is 11.4. The van der Waals surface area contributed by atoms with E-state index in [0.717, 1.165) is 23.7 Å². The Balaban J connectivity index is -0.0000000340. The summed E-state index contributed by atoms with van der Waals surface area (Å²) in [7, 11) is 0. The first-order valence-electron chi connectivity index (χ1n) is 15.6. The van der Waals surface area contributed by atoms with Crippen LogP contribution < -0.4 is 0 Å². The topological polar surface area (TPSA) is 0 Å². The van der Waals surface area contributed by atoms with E-state index in [4.69, 9.17) is 0 Å². The van der Waals surface area contributed by atoms with Gasteiger partial charge in [0, 0.05) is 0 Å². The minimum absolute atomic E-state index is 0. The van der Waals surface area contributed by atoms with Gasteiger partial charge >= 0.3 is 0 Å². The smallest absolute Gasteiger partial charge is 0.0334 e. The van der Waals surface area contributed by atoms with E-state index < -0.39 is 0 Å². The molecule has 0 spiro atoms. The maximum Gasteiger partial charge on any atom is -0.0334 e. The van der Waals surface area contributed by atoms with Crippen LogP contribution in [-0.4, -0.2) is 0 Å². The van der Waals surface area contributed by atoms with Gasteiger partial charge < -0.3 is 0 Å². The lowest BCUT2D eigenvalue weighted by Gasteiger charge is -2.23. The zero-order valence-electron chi connectivity index (χ0n) is 29.9. The standard InChI is InChI=1S/C8H18.3C5H12.C4H10.2C3H8.C2H4.CH4/c1-5-8(4,6-2)7-3;3*1-4-5(2)3;1-4(2)3;2*1-3-2;1-2;/h5-7H2,1-4H3;3*5H,4H2,1-3H3;4H,1-3H3;2*3H2,1-2H3;1-2H2;1H4. The Morgan fingerprint density at radius 3 is 0.528 bits per heavy atom. The van der Waals surface area contributed by atoms with E-state index in [2.05, 4.69) is 152 Å². The molecule has 0 aromatic rings. The summed E-state index contributed by atoms with van der Waals surface area (Å²) >= 11 is 0. The van der Waals surface area contributed by atoms with Crippen molar-refractivity contribution in [3.63, 3.8) is 0 Å². The molecule has 0 aliphatic carbocycles.